The number of aryl methyl sites for hydroxylation is 1. The van der Waals surface area contributed by atoms with Crippen LogP contribution in [0.15, 0.2) is 34.9 Å². The number of benzene rings is 1. The first kappa shape index (κ1) is 17.5. The minimum atomic E-state index is -0.0973. The first-order valence-electron chi connectivity index (χ1n) is 8.64. The summed E-state index contributed by atoms with van der Waals surface area (Å²) in [6.45, 7) is 5.92. The van der Waals surface area contributed by atoms with Crippen molar-refractivity contribution in [1.82, 2.24) is 15.2 Å². The van der Waals surface area contributed by atoms with Crippen molar-refractivity contribution >= 4 is 6.03 Å². The second-order valence-electron chi connectivity index (χ2n) is 7.12. The topological polar surface area (TPSA) is 78.6 Å². The number of aliphatic hydroxyl groups excluding tert-OH is 1. The Hall–Kier alpha value is -2.34. The summed E-state index contributed by atoms with van der Waals surface area (Å²) >= 11 is 0. The van der Waals surface area contributed by atoms with Gasteiger partial charge in [0.15, 0.2) is 0 Å². The third-order valence-electron chi connectivity index (χ3n) is 4.91. The number of nitrogens with one attached hydrogen (secondary N) is 1. The number of hydrogen-bond donors (Lipinski definition) is 2. The second kappa shape index (κ2) is 7.27. The highest BCUT2D eigenvalue weighted by molar-refractivity contribution is 5.74. The molecular formula is C19H25N3O3. The van der Waals surface area contributed by atoms with Gasteiger partial charge in [-0.2, -0.15) is 0 Å². The number of likely N-dealkylation sites (tertiary alicyclic amines) is 1. The third-order valence-corrected chi connectivity index (χ3v) is 4.91. The third kappa shape index (κ3) is 4.20. The molecule has 6 nitrogen and oxygen atoms in total. The molecule has 3 rings (SSSR count). The minimum absolute atomic E-state index is 0.0637. The summed E-state index contributed by atoms with van der Waals surface area (Å²) in [6, 6.07) is 7.86. The maximum atomic E-state index is 12.3. The van der Waals surface area contributed by atoms with Crippen molar-refractivity contribution in [3.05, 3.63) is 41.8 Å². The Morgan fingerprint density at radius 1 is 1.32 bits per heavy atom. The molecular weight excluding hydrogens is 318 g/mol. The Labute approximate surface area is 147 Å². The molecule has 2 N–H and O–H groups in total. The predicted molar refractivity (Wildman–Crippen MR) is 94.9 cm³/mol. The van der Waals surface area contributed by atoms with Crippen molar-refractivity contribution in [2.24, 2.45) is 5.41 Å². The van der Waals surface area contributed by atoms with Gasteiger partial charge in [-0.25, -0.2) is 9.78 Å². The molecule has 0 saturated carbocycles. The van der Waals surface area contributed by atoms with E-state index in [0.717, 1.165) is 18.4 Å². The van der Waals surface area contributed by atoms with Crippen LogP contribution in [0.1, 0.15) is 31.0 Å². The van der Waals surface area contributed by atoms with Gasteiger partial charge < -0.3 is 19.7 Å². The molecule has 0 bridgehead atoms. The average Bonchev–Trinajstić information content (AvgIpc) is 3.10. The number of urea groups is 1. The molecule has 0 unspecified atom stereocenters. The van der Waals surface area contributed by atoms with E-state index in [4.69, 9.17) is 4.42 Å². The highest BCUT2D eigenvalue weighted by Crippen LogP contribution is 2.29. The molecule has 2 aromatic rings. The van der Waals surface area contributed by atoms with Gasteiger partial charge in [0.25, 0.3) is 0 Å². The van der Waals surface area contributed by atoms with Crippen molar-refractivity contribution < 1.29 is 14.3 Å². The van der Waals surface area contributed by atoms with Gasteiger partial charge in [-0.05, 0) is 37.3 Å². The molecule has 25 heavy (non-hydrogen) atoms. The van der Waals surface area contributed by atoms with Gasteiger partial charge in [0.05, 0.1) is 12.2 Å². The Bertz CT molecular complexity index is 716. The van der Waals surface area contributed by atoms with Crippen molar-refractivity contribution in [3.8, 4) is 11.5 Å². The van der Waals surface area contributed by atoms with Crippen molar-refractivity contribution in [3.63, 3.8) is 0 Å². The number of aliphatic hydroxyl groups is 1. The summed E-state index contributed by atoms with van der Waals surface area (Å²) in [7, 11) is 0. The highest BCUT2D eigenvalue weighted by Gasteiger charge is 2.31. The summed E-state index contributed by atoms with van der Waals surface area (Å²) in [5.74, 6) is 0.556. The van der Waals surface area contributed by atoms with E-state index < -0.39 is 0 Å². The van der Waals surface area contributed by atoms with Crippen LogP contribution in [-0.2, 0) is 6.54 Å². The van der Waals surface area contributed by atoms with Crippen LogP contribution in [0.2, 0.25) is 0 Å². The largest absolute Gasteiger partial charge is 0.444 e. The molecule has 0 radical (unpaired) electrons. The van der Waals surface area contributed by atoms with E-state index in [-0.39, 0.29) is 18.1 Å². The lowest BCUT2D eigenvalue weighted by Gasteiger charge is -2.38. The summed E-state index contributed by atoms with van der Waals surface area (Å²) in [5.41, 5.74) is 2.73. The lowest BCUT2D eigenvalue weighted by Crippen LogP contribution is -2.47. The molecule has 1 saturated heterocycles. The number of piperidine rings is 1. The molecule has 0 atom stereocenters. The maximum Gasteiger partial charge on any atom is 0.317 e. The normalized spacial score (nSPS) is 16.7. The average molecular weight is 343 g/mol. The van der Waals surface area contributed by atoms with E-state index >= 15 is 0 Å². The molecule has 2 amide bonds. The molecule has 2 heterocycles. The number of carbonyl (C=O) groups is 1. The second-order valence-corrected chi connectivity index (χ2v) is 7.12. The van der Waals surface area contributed by atoms with Gasteiger partial charge in [0, 0.05) is 25.3 Å². The molecule has 134 valence electrons. The molecule has 1 aliphatic heterocycles. The van der Waals surface area contributed by atoms with Gasteiger partial charge in [-0.3, -0.25) is 0 Å². The lowest BCUT2D eigenvalue weighted by atomic mass is 9.81. The fourth-order valence-corrected chi connectivity index (χ4v) is 2.90. The maximum absolute atomic E-state index is 12.3. The minimum Gasteiger partial charge on any atom is -0.444 e. The van der Waals surface area contributed by atoms with E-state index in [1.54, 1.807) is 11.2 Å². The fourth-order valence-electron chi connectivity index (χ4n) is 2.90. The summed E-state index contributed by atoms with van der Waals surface area (Å²) in [4.78, 5) is 18.5. The molecule has 0 spiro atoms. The standard InChI is InChI=1S/C19H25N3O3/c1-14-3-5-15(6-4-14)17-21-16(12-25-17)11-20-18(24)22-9-7-19(2,13-23)8-10-22/h3-6,12,23H,7-11,13H2,1-2H3,(H,20,24). The number of amides is 2. The molecule has 1 aliphatic rings. The summed E-state index contributed by atoms with van der Waals surface area (Å²) in [6.07, 6.45) is 3.21. The molecule has 0 aliphatic carbocycles. The molecule has 1 fully saturated rings. The molecule has 1 aromatic heterocycles. The number of aromatic nitrogens is 1. The zero-order valence-electron chi connectivity index (χ0n) is 14.8. The van der Waals surface area contributed by atoms with Crippen LogP contribution >= 0.6 is 0 Å². The van der Waals surface area contributed by atoms with Crippen molar-refractivity contribution in [1.29, 1.82) is 0 Å². The van der Waals surface area contributed by atoms with Crippen LogP contribution in [-0.4, -0.2) is 40.7 Å². The van der Waals surface area contributed by atoms with Gasteiger partial charge in [-0.1, -0.05) is 24.6 Å². The van der Waals surface area contributed by atoms with Gasteiger partial charge in [0.2, 0.25) is 5.89 Å². The number of carbonyl (C=O) groups excluding carboxylic acids is 1. The predicted octanol–water partition coefficient (Wildman–Crippen LogP) is 2.95. The van der Waals surface area contributed by atoms with E-state index in [2.05, 4.69) is 17.2 Å². The van der Waals surface area contributed by atoms with E-state index in [0.29, 0.717) is 31.2 Å². The van der Waals surface area contributed by atoms with Crippen LogP contribution in [0.4, 0.5) is 4.79 Å². The number of rotatable bonds is 4. The van der Waals surface area contributed by atoms with Crippen LogP contribution in [0, 0.1) is 12.3 Å². The van der Waals surface area contributed by atoms with E-state index in [1.807, 2.05) is 31.2 Å². The number of nitrogens with zero attached hydrogens (tertiary/aromatic N) is 2. The van der Waals surface area contributed by atoms with Gasteiger partial charge >= 0.3 is 6.03 Å². The van der Waals surface area contributed by atoms with Gasteiger partial charge in [-0.15, -0.1) is 0 Å². The smallest absolute Gasteiger partial charge is 0.317 e. The van der Waals surface area contributed by atoms with E-state index in [1.165, 1.54) is 5.56 Å². The van der Waals surface area contributed by atoms with Gasteiger partial charge in [0.1, 0.15) is 6.26 Å². The lowest BCUT2D eigenvalue weighted by molar-refractivity contribution is 0.0699. The summed E-state index contributed by atoms with van der Waals surface area (Å²) in [5, 5.41) is 12.3. The fraction of sp³-hybridized carbons (Fsp3) is 0.474. The Kier molecular flexibility index (Phi) is 5.08. The highest BCUT2D eigenvalue weighted by atomic mass is 16.3. The van der Waals surface area contributed by atoms with Crippen LogP contribution in [0.3, 0.4) is 0 Å². The van der Waals surface area contributed by atoms with Crippen LogP contribution < -0.4 is 5.32 Å². The van der Waals surface area contributed by atoms with Crippen LogP contribution in [0.5, 0.6) is 0 Å². The SMILES string of the molecule is Cc1ccc(-c2nc(CNC(=O)N3CCC(C)(CO)CC3)co2)cc1. The Morgan fingerprint density at radius 2 is 2.00 bits per heavy atom. The Balaban J connectivity index is 1.52. The first-order chi connectivity index (χ1) is 12.0. The zero-order chi connectivity index (χ0) is 17.9. The number of hydrogen-bond acceptors (Lipinski definition) is 4. The molecule has 6 heteroatoms. The quantitative estimate of drug-likeness (QED) is 0.894. The summed E-state index contributed by atoms with van der Waals surface area (Å²) < 4.78 is 5.51. The zero-order valence-corrected chi connectivity index (χ0v) is 14.8. The number of oxazole rings is 1. The Morgan fingerprint density at radius 3 is 2.64 bits per heavy atom. The molecule has 1 aromatic carbocycles. The van der Waals surface area contributed by atoms with Crippen molar-refractivity contribution in [2.75, 3.05) is 19.7 Å². The first-order valence-corrected chi connectivity index (χ1v) is 8.64. The van der Waals surface area contributed by atoms with Crippen molar-refractivity contribution in [2.45, 2.75) is 33.2 Å². The monoisotopic (exact) mass is 343 g/mol. The van der Waals surface area contributed by atoms with Crippen LogP contribution in [0.25, 0.3) is 11.5 Å². The van der Waals surface area contributed by atoms with E-state index in [9.17, 15) is 9.90 Å².